The highest BCUT2D eigenvalue weighted by Gasteiger charge is 2.32. The summed E-state index contributed by atoms with van der Waals surface area (Å²) in [6.45, 7) is 24.2. The van der Waals surface area contributed by atoms with Crippen molar-refractivity contribution in [1.82, 2.24) is 0 Å². The van der Waals surface area contributed by atoms with E-state index in [4.69, 9.17) is 0 Å². The molecular weight excluding hydrogens is 420 g/mol. The summed E-state index contributed by atoms with van der Waals surface area (Å²) in [5, 5.41) is 14.0. The van der Waals surface area contributed by atoms with Gasteiger partial charge in [-0.25, -0.2) is 0 Å². The smallest absolute Gasteiger partial charge is 0.258 e. The lowest BCUT2D eigenvalue weighted by molar-refractivity contribution is -0.540. The van der Waals surface area contributed by atoms with Crippen LogP contribution in [0, 0.1) is 22.0 Å². The third-order valence-corrected chi connectivity index (χ3v) is 5.61. The maximum absolute atomic E-state index is 13.0. The van der Waals surface area contributed by atoms with E-state index in [2.05, 4.69) is 65.5 Å². The molecule has 0 unspecified atom stereocenters. The predicted octanol–water partition coefficient (Wildman–Crippen LogP) is 7.99. The molecular formula is C30H42N2O2. The van der Waals surface area contributed by atoms with Crippen molar-refractivity contribution in [2.24, 2.45) is 0 Å². The molecule has 0 aliphatic heterocycles. The Balaban J connectivity index is 2.67. The molecule has 0 fully saturated rings. The summed E-state index contributed by atoms with van der Waals surface area (Å²) < 4.78 is 1.05. The minimum absolute atomic E-state index is 0.125. The SMILES string of the molecule is CC(C)(C)c1cc(C#Cc2cc([N+](=O)C(C)(C)C)cc(C(C)(C)C)c2)cc(N([O-])C(C)(C)C)c1. The van der Waals surface area contributed by atoms with Gasteiger partial charge in [0.2, 0.25) is 5.54 Å². The minimum Gasteiger partial charge on any atom is -0.758 e. The standard InChI is InChI=1S/C30H42N2O2/c1-27(2,3)23-15-21(17-25(19-23)31(33)29(7,8)9)13-14-22-16-24(28(4,5)6)20-26(18-22)32(34)30(10,11)12/h15-20H,1-12H3. The van der Waals surface area contributed by atoms with Gasteiger partial charge in [-0.1, -0.05) is 53.4 Å². The molecule has 0 bridgehead atoms. The van der Waals surface area contributed by atoms with Crippen LogP contribution in [0.1, 0.15) is 105 Å². The summed E-state index contributed by atoms with van der Waals surface area (Å²) in [5.41, 5.74) is 3.53. The molecule has 0 aromatic heterocycles. The van der Waals surface area contributed by atoms with Gasteiger partial charge in [0.15, 0.2) is 0 Å². The summed E-state index contributed by atoms with van der Waals surface area (Å²) in [4.78, 5) is 13.0. The zero-order valence-corrected chi connectivity index (χ0v) is 23.2. The van der Waals surface area contributed by atoms with E-state index in [1.54, 1.807) is 0 Å². The predicted molar refractivity (Wildman–Crippen MR) is 145 cm³/mol. The van der Waals surface area contributed by atoms with Gasteiger partial charge >= 0.3 is 0 Å². The number of hydroxylamine groups is 1. The van der Waals surface area contributed by atoms with Crippen molar-refractivity contribution < 1.29 is 4.76 Å². The van der Waals surface area contributed by atoms with Crippen LogP contribution in [0.4, 0.5) is 11.4 Å². The summed E-state index contributed by atoms with van der Waals surface area (Å²) in [5.74, 6) is 6.54. The monoisotopic (exact) mass is 462 g/mol. The van der Waals surface area contributed by atoms with Crippen molar-refractivity contribution in [2.75, 3.05) is 5.06 Å². The number of rotatable bonds is 2. The molecule has 0 N–H and O–H groups in total. The van der Waals surface area contributed by atoms with Gasteiger partial charge in [-0.3, -0.25) is 0 Å². The fourth-order valence-corrected chi connectivity index (χ4v) is 3.39. The van der Waals surface area contributed by atoms with E-state index >= 15 is 0 Å². The van der Waals surface area contributed by atoms with Crippen LogP contribution in [0.2, 0.25) is 0 Å². The Bertz CT molecular complexity index is 1120. The zero-order valence-electron chi connectivity index (χ0n) is 23.2. The Morgan fingerprint density at radius 1 is 0.676 bits per heavy atom. The van der Waals surface area contributed by atoms with Crippen molar-refractivity contribution in [2.45, 2.75) is 105 Å². The molecule has 184 valence electrons. The van der Waals surface area contributed by atoms with Crippen molar-refractivity contribution in [3.8, 4) is 11.8 Å². The molecule has 0 atom stereocenters. The number of nitrogens with zero attached hydrogens (tertiary/aromatic N) is 2. The van der Waals surface area contributed by atoms with E-state index in [1.165, 1.54) is 0 Å². The first kappa shape index (κ1) is 27.6. The van der Waals surface area contributed by atoms with Gasteiger partial charge in [0, 0.05) is 64.9 Å². The Hall–Kier alpha value is -2.64. The fourth-order valence-electron chi connectivity index (χ4n) is 3.39. The molecule has 2 aromatic rings. The highest BCUT2D eigenvalue weighted by Crippen LogP contribution is 2.32. The first-order valence-corrected chi connectivity index (χ1v) is 12.0. The molecule has 0 aliphatic rings. The van der Waals surface area contributed by atoms with Gasteiger partial charge in [-0.2, -0.15) is 0 Å². The Labute approximate surface area is 206 Å². The number of hydrogen-bond donors (Lipinski definition) is 0. The van der Waals surface area contributed by atoms with Crippen LogP contribution in [0.3, 0.4) is 0 Å². The molecule has 0 spiro atoms. The van der Waals surface area contributed by atoms with E-state index < -0.39 is 11.1 Å². The molecule has 0 radical (unpaired) electrons. The third kappa shape index (κ3) is 6.93. The quantitative estimate of drug-likeness (QED) is 0.258. The average molecular weight is 463 g/mol. The number of benzene rings is 2. The highest BCUT2D eigenvalue weighted by molar-refractivity contribution is 5.59. The molecule has 4 nitrogen and oxygen atoms in total. The Morgan fingerprint density at radius 3 is 1.53 bits per heavy atom. The first-order chi connectivity index (χ1) is 15.2. The second-order valence-corrected chi connectivity index (χ2v) is 13.2. The van der Waals surface area contributed by atoms with Crippen molar-refractivity contribution >= 4 is 11.4 Å². The van der Waals surface area contributed by atoms with E-state index in [1.807, 2.05) is 65.8 Å². The lowest BCUT2D eigenvalue weighted by Crippen LogP contribution is -2.36. The van der Waals surface area contributed by atoms with Crippen molar-refractivity contribution in [3.05, 3.63) is 68.8 Å². The molecule has 0 amide bonds. The second kappa shape index (κ2) is 9.19. The molecule has 34 heavy (non-hydrogen) atoms. The van der Waals surface area contributed by atoms with Crippen molar-refractivity contribution in [3.63, 3.8) is 0 Å². The molecule has 2 aromatic carbocycles. The van der Waals surface area contributed by atoms with E-state index in [0.717, 1.165) is 32.1 Å². The van der Waals surface area contributed by atoms with Gasteiger partial charge in [0.05, 0.1) is 0 Å². The zero-order chi connectivity index (χ0) is 26.3. The van der Waals surface area contributed by atoms with E-state index in [-0.39, 0.29) is 10.8 Å². The van der Waals surface area contributed by atoms with Gasteiger partial charge in [-0.15, -0.1) is 0 Å². The van der Waals surface area contributed by atoms with Gasteiger partial charge < -0.3 is 10.3 Å². The van der Waals surface area contributed by atoms with Crippen LogP contribution in [0.15, 0.2) is 36.4 Å². The lowest BCUT2D eigenvalue weighted by atomic mass is 9.85. The summed E-state index contributed by atoms with van der Waals surface area (Å²) in [6.07, 6.45) is 0. The highest BCUT2D eigenvalue weighted by atomic mass is 16.5. The van der Waals surface area contributed by atoms with Crippen LogP contribution in [0.5, 0.6) is 0 Å². The Kier molecular flexibility index (Phi) is 7.46. The second-order valence-electron chi connectivity index (χ2n) is 13.2. The summed E-state index contributed by atoms with van der Waals surface area (Å²) in [7, 11) is 0. The topological polar surface area (TPSA) is 46.4 Å². The lowest BCUT2D eigenvalue weighted by Gasteiger charge is -2.44. The van der Waals surface area contributed by atoms with Gasteiger partial charge in [0.1, 0.15) is 0 Å². The molecule has 0 saturated carbocycles. The maximum atomic E-state index is 13.0. The molecule has 0 saturated heterocycles. The van der Waals surface area contributed by atoms with Crippen molar-refractivity contribution in [1.29, 1.82) is 0 Å². The van der Waals surface area contributed by atoms with Gasteiger partial charge in [-0.05, 0) is 67.0 Å². The molecule has 0 aliphatic carbocycles. The van der Waals surface area contributed by atoms with Crippen LogP contribution in [-0.4, -0.2) is 15.8 Å². The van der Waals surface area contributed by atoms with Crippen LogP contribution in [-0.2, 0) is 10.8 Å². The summed E-state index contributed by atoms with van der Waals surface area (Å²) in [6, 6.07) is 11.7. The molecule has 2 rings (SSSR count). The number of anilines is 1. The normalized spacial score (nSPS) is 12.7. The first-order valence-electron chi connectivity index (χ1n) is 12.0. The number of hydrogen-bond acceptors (Lipinski definition) is 3. The summed E-state index contributed by atoms with van der Waals surface area (Å²) >= 11 is 0. The fraction of sp³-hybridized carbons (Fsp3) is 0.533. The van der Waals surface area contributed by atoms with Crippen LogP contribution >= 0.6 is 0 Å². The van der Waals surface area contributed by atoms with Gasteiger partial charge in [0.25, 0.3) is 5.69 Å². The third-order valence-electron chi connectivity index (χ3n) is 5.61. The van der Waals surface area contributed by atoms with E-state index in [0.29, 0.717) is 11.4 Å². The minimum atomic E-state index is -0.554. The van der Waals surface area contributed by atoms with Crippen LogP contribution in [0.25, 0.3) is 0 Å². The maximum Gasteiger partial charge on any atom is 0.258 e. The molecule has 4 heteroatoms. The van der Waals surface area contributed by atoms with E-state index in [9.17, 15) is 10.1 Å². The number of nitroso groups, excluding NO2 is 1. The molecule has 0 heterocycles. The average Bonchev–Trinajstić information content (AvgIpc) is 2.68. The largest absolute Gasteiger partial charge is 0.758 e. The van der Waals surface area contributed by atoms with Crippen LogP contribution < -0.4 is 5.06 Å². The Morgan fingerprint density at radius 2 is 1.12 bits per heavy atom.